The molecular formula is C19H27N5OS. The van der Waals surface area contributed by atoms with E-state index in [-0.39, 0.29) is 5.54 Å². The van der Waals surface area contributed by atoms with E-state index in [0.29, 0.717) is 18.9 Å². The van der Waals surface area contributed by atoms with Gasteiger partial charge >= 0.3 is 0 Å². The molecule has 2 saturated heterocycles. The molecule has 26 heavy (non-hydrogen) atoms. The highest BCUT2D eigenvalue weighted by atomic mass is 32.1. The number of thiazole rings is 1. The molecule has 2 aromatic heterocycles. The van der Waals surface area contributed by atoms with Crippen LogP contribution in [0.1, 0.15) is 48.5 Å². The first-order chi connectivity index (χ1) is 12.6. The van der Waals surface area contributed by atoms with E-state index in [0.717, 1.165) is 56.0 Å². The van der Waals surface area contributed by atoms with Crippen molar-refractivity contribution < 1.29 is 4.79 Å². The van der Waals surface area contributed by atoms with Crippen molar-refractivity contribution in [2.24, 2.45) is 7.05 Å². The fraction of sp³-hybridized carbons (Fsp3) is 0.632. The Bertz CT molecular complexity index is 784. The van der Waals surface area contributed by atoms with Gasteiger partial charge in [0.05, 0.1) is 29.3 Å². The third-order valence-electron chi connectivity index (χ3n) is 5.98. The van der Waals surface area contributed by atoms with Gasteiger partial charge in [0.25, 0.3) is 0 Å². The van der Waals surface area contributed by atoms with Crippen molar-refractivity contribution in [3.63, 3.8) is 0 Å². The van der Waals surface area contributed by atoms with Gasteiger partial charge in [0.2, 0.25) is 5.91 Å². The third kappa shape index (κ3) is 3.42. The molecular weight excluding hydrogens is 346 g/mol. The number of nitrogens with zero attached hydrogens (tertiary/aromatic N) is 5. The summed E-state index contributed by atoms with van der Waals surface area (Å²) in [5, 5.41) is 3.17. The molecule has 0 aliphatic carbocycles. The minimum atomic E-state index is 0.0236. The highest BCUT2D eigenvalue weighted by Crippen LogP contribution is 2.40. The summed E-state index contributed by atoms with van der Waals surface area (Å²) in [6, 6.07) is 0. The predicted octanol–water partition coefficient (Wildman–Crippen LogP) is 2.73. The number of aryl methyl sites for hydroxylation is 2. The Morgan fingerprint density at radius 3 is 2.85 bits per heavy atom. The molecule has 0 bridgehead atoms. The quantitative estimate of drug-likeness (QED) is 0.827. The van der Waals surface area contributed by atoms with Crippen molar-refractivity contribution in [3.05, 3.63) is 34.3 Å². The van der Waals surface area contributed by atoms with Gasteiger partial charge in [0, 0.05) is 43.7 Å². The molecule has 2 fully saturated rings. The first kappa shape index (κ1) is 17.7. The van der Waals surface area contributed by atoms with Crippen molar-refractivity contribution in [1.29, 1.82) is 0 Å². The van der Waals surface area contributed by atoms with Gasteiger partial charge < -0.3 is 9.47 Å². The Labute approximate surface area is 158 Å². The standard InChI is InChI=1S/C19H27N5OS/c1-15-21-16(13-26-15)11-24-18(25)4-6-19(24)5-3-8-23(9-7-19)12-17-10-20-14-22(17)2/h10,13-14H,3-9,11-12H2,1-2H3. The predicted molar refractivity (Wildman–Crippen MR) is 102 cm³/mol. The molecule has 2 aliphatic rings. The van der Waals surface area contributed by atoms with E-state index >= 15 is 0 Å². The molecule has 1 atom stereocenters. The molecule has 2 aliphatic heterocycles. The van der Waals surface area contributed by atoms with Crippen molar-refractivity contribution >= 4 is 17.2 Å². The lowest BCUT2D eigenvalue weighted by Crippen LogP contribution is -2.46. The second-order valence-electron chi connectivity index (χ2n) is 7.69. The Kier molecular flexibility index (Phi) is 4.84. The SMILES string of the molecule is Cc1nc(CN2C(=O)CCC23CCCN(Cc2cncn2C)CC3)cs1. The van der Waals surface area contributed by atoms with Crippen LogP contribution in [0.15, 0.2) is 17.9 Å². The molecule has 1 spiro atoms. The molecule has 140 valence electrons. The summed E-state index contributed by atoms with van der Waals surface area (Å²) in [6.45, 7) is 5.75. The topological polar surface area (TPSA) is 54.3 Å². The number of aromatic nitrogens is 3. The number of carbonyl (C=O) groups excluding carboxylic acids is 1. The van der Waals surface area contributed by atoms with Gasteiger partial charge in [0.1, 0.15) is 0 Å². The minimum absolute atomic E-state index is 0.0236. The monoisotopic (exact) mass is 373 g/mol. The number of hydrogen-bond acceptors (Lipinski definition) is 5. The fourth-order valence-electron chi connectivity index (χ4n) is 4.45. The van der Waals surface area contributed by atoms with Crippen LogP contribution in [0.2, 0.25) is 0 Å². The minimum Gasteiger partial charge on any atom is -0.337 e. The number of hydrogen-bond donors (Lipinski definition) is 0. The molecule has 0 saturated carbocycles. The molecule has 4 heterocycles. The maximum atomic E-state index is 12.6. The summed E-state index contributed by atoms with van der Waals surface area (Å²) < 4.78 is 2.09. The van der Waals surface area contributed by atoms with Crippen molar-refractivity contribution in [3.8, 4) is 0 Å². The fourth-order valence-corrected chi connectivity index (χ4v) is 5.06. The lowest BCUT2D eigenvalue weighted by atomic mass is 9.87. The summed E-state index contributed by atoms with van der Waals surface area (Å²) in [7, 11) is 2.05. The number of amides is 1. The lowest BCUT2D eigenvalue weighted by molar-refractivity contribution is -0.132. The van der Waals surface area contributed by atoms with Crippen LogP contribution in [-0.2, 0) is 24.9 Å². The van der Waals surface area contributed by atoms with Gasteiger partial charge in [-0.1, -0.05) is 0 Å². The van der Waals surface area contributed by atoms with Crippen LogP contribution >= 0.6 is 11.3 Å². The van der Waals surface area contributed by atoms with Crippen LogP contribution < -0.4 is 0 Å². The average molecular weight is 374 g/mol. The van der Waals surface area contributed by atoms with Crippen LogP contribution in [-0.4, -0.2) is 48.9 Å². The maximum Gasteiger partial charge on any atom is 0.223 e. The maximum absolute atomic E-state index is 12.6. The Morgan fingerprint density at radius 2 is 2.12 bits per heavy atom. The summed E-state index contributed by atoms with van der Waals surface area (Å²) in [5.41, 5.74) is 2.31. The second kappa shape index (κ2) is 7.12. The van der Waals surface area contributed by atoms with Gasteiger partial charge in [0.15, 0.2) is 0 Å². The first-order valence-corrected chi connectivity index (χ1v) is 10.3. The van der Waals surface area contributed by atoms with Crippen LogP contribution in [0, 0.1) is 6.92 Å². The van der Waals surface area contributed by atoms with Crippen molar-refractivity contribution in [2.45, 2.75) is 57.7 Å². The van der Waals surface area contributed by atoms with Gasteiger partial charge in [-0.15, -0.1) is 11.3 Å². The lowest BCUT2D eigenvalue weighted by Gasteiger charge is -2.38. The summed E-state index contributed by atoms with van der Waals surface area (Å²) in [5.74, 6) is 0.302. The molecule has 0 N–H and O–H groups in total. The molecule has 1 unspecified atom stereocenters. The second-order valence-corrected chi connectivity index (χ2v) is 8.75. The van der Waals surface area contributed by atoms with Crippen molar-refractivity contribution in [2.75, 3.05) is 13.1 Å². The van der Waals surface area contributed by atoms with Gasteiger partial charge in [-0.3, -0.25) is 9.69 Å². The van der Waals surface area contributed by atoms with Gasteiger partial charge in [-0.05, 0) is 39.2 Å². The number of likely N-dealkylation sites (tertiary alicyclic amines) is 2. The largest absolute Gasteiger partial charge is 0.337 e. The smallest absolute Gasteiger partial charge is 0.223 e. The Morgan fingerprint density at radius 1 is 1.23 bits per heavy atom. The summed E-state index contributed by atoms with van der Waals surface area (Å²) >= 11 is 1.67. The molecule has 1 amide bonds. The van der Waals surface area contributed by atoms with Gasteiger partial charge in [-0.2, -0.15) is 0 Å². The molecule has 0 aromatic carbocycles. The Hall–Kier alpha value is -1.73. The Balaban J connectivity index is 1.46. The van der Waals surface area contributed by atoms with Crippen molar-refractivity contribution in [1.82, 2.24) is 24.3 Å². The van der Waals surface area contributed by atoms with Crippen LogP contribution in [0.25, 0.3) is 0 Å². The van der Waals surface area contributed by atoms with E-state index in [1.165, 1.54) is 5.69 Å². The zero-order valence-electron chi connectivity index (χ0n) is 15.6. The van der Waals surface area contributed by atoms with Crippen LogP contribution in [0.3, 0.4) is 0 Å². The van der Waals surface area contributed by atoms with E-state index in [1.807, 2.05) is 19.4 Å². The number of imidazole rings is 1. The normalized spacial score (nSPS) is 24.5. The average Bonchev–Trinajstić information content (AvgIpc) is 3.24. The molecule has 7 heteroatoms. The van der Waals surface area contributed by atoms with E-state index in [2.05, 4.69) is 36.8 Å². The highest BCUT2D eigenvalue weighted by Gasteiger charge is 2.45. The highest BCUT2D eigenvalue weighted by molar-refractivity contribution is 7.09. The van der Waals surface area contributed by atoms with E-state index < -0.39 is 0 Å². The number of rotatable bonds is 4. The summed E-state index contributed by atoms with van der Waals surface area (Å²) in [4.78, 5) is 26.1. The van der Waals surface area contributed by atoms with Gasteiger partial charge in [-0.25, -0.2) is 9.97 Å². The third-order valence-corrected chi connectivity index (χ3v) is 6.80. The number of carbonyl (C=O) groups is 1. The molecule has 6 nitrogen and oxygen atoms in total. The van der Waals surface area contributed by atoms with E-state index in [1.54, 1.807) is 11.3 Å². The first-order valence-electron chi connectivity index (χ1n) is 9.45. The van der Waals surface area contributed by atoms with Crippen LogP contribution in [0.5, 0.6) is 0 Å². The van der Waals surface area contributed by atoms with E-state index in [9.17, 15) is 4.79 Å². The zero-order chi connectivity index (χ0) is 18.1. The molecule has 2 aromatic rings. The zero-order valence-corrected chi connectivity index (χ0v) is 16.5. The molecule has 0 radical (unpaired) electrons. The van der Waals surface area contributed by atoms with E-state index in [4.69, 9.17) is 0 Å². The molecule has 4 rings (SSSR count). The van der Waals surface area contributed by atoms with Crippen LogP contribution in [0.4, 0.5) is 0 Å². The summed E-state index contributed by atoms with van der Waals surface area (Å²) in [6.07, 6.45) is 8.79.